The second kappa shape index (κ2) is 8.83. The highest BCUT2D eigenvalue weighted by Gasteiger charge is 2.47. The van der Waals surface area contributed by atoms with Crippen molar-refractivity contribution in [1.82, 2.24) is 0 Å². The summed E-state index contributed by atoms with van der Waals surface area (Å²) >= 11 is 1.36. The normalized spacial score (nSPS) is 17.8. The van der Waals surface area contributed by atoms with Crippen LogP contribution in [0.2, 0.25) is 0 Å². The minimum atomic E-state index is -0.865. The molecule has 1 unspecified atom stereocenters. The number of amides is 1. The van der Waals surface area contributed by atoms with Crippen LogP contribution in [0.3, 0.4) is 0 Å². The smallest absolute Gasteiger partial charge is 0.300 e. The monoisotopic (exact) mass is 465 g/mol. The molecule has 2 aromatic carbocycles. The second-order valence-corrected chi connectivity index (χ2v) is 9.21. The number of thiophene rings is 1. The Morgan fingerprint density at radius 3 is 2.52 bits per heavy atom. The summed E-state index contributed by atoms with van der Waals surface area (Å²) in [7, 11) is 1.58. The van der Waals surface area contributed by atoms with E-state index < -0.39 is 23.5 Å². The van der Waals surface area contributed by atoms with E-state index in [-0.39, 0.29) is 22.9 Å². The van der Waals surface area contributed by atoms with Gasteiger partial charge in [-0.1, -0.05) is 26.0 Å². The second-order valence-electron chi connectivity index (χ2n) is 8.23. The third-order valence-corrected chi connectivity index (χ3v) is 6.72. The molecular weight excluding hydrogens is 441 g/mol. The third kappa shape index (κ3) is 3.93. The van der Waals surface area contributed by atoms with E-state index in [1.54, 1.807) is 31.4 Å². The number of aliphatic hydroxyl groups excluding tert-OH is 1. The fourth-order valence-corrected chi connectivity index (χ4v) is 4.99. The number of anilines is 1. The Bertz CT molecular complexity index is 1260. The largest absolute Gasteiger partial charge is 0.507 e. The number of carbonyl (C=O) groups is 2. The van der Waals surface area contributed by atoms with Crippen LogP contribution in [0, 0.1) is 12.7 Å². The Labute approximate surface area is 195 Å². The maximum Gasteiger partial charge on any atom is 0.300 e. The van der Waals surface area contributed by atoms with Gasteiger partial charge in [0.05, 0.1) is 12.7 Å². The van der Waals surface area contributed by atoms with Crippen LogP contribution in [0.25, 0.3) is 5.76 Å². The number of nitrogens with zero attached hydrogens (tertiary/aromatic N) is 1. The number of ketones is 1. The highest BCUT2D eigenvalue weighted by atomic mass is 32.1. The highest BCUT2D eigenvalue weighted by Crippen LogP contribution is 2.44. The van der Waals surface area contributed by atoms with Crippen LogP contribution in [0.1, 0.15) is 47.4 Å². The molecule has 33 heavy (non-hydrogen) atoms. The predicted octanol–water partition coefficient (Wildman–Crippen LogP) is 5.95. The molecule has 1 saturated heterocycles. The van der Waals surface area contributed by atoms with Crippen molar-refractivity contribution in [3.05, 3.63) is 86.9 Å². The Hall–Kier alpha value is -3.45. The zero-order valence-corrected chi connectivity index (χ0v) is 19.6. The van der Waals surface area contributed by atoms with E-state index in [9.17, 15) is 19.1 Å². The Morgan fingerprint density at radius 1 is 1.15 bits per heavy atom. The van der Waals surface area contributed by atoms with Crippen molar-refractivity contribution < 1.29 is 23.8 Å². The number of hydrogen-bond acceptors (Lipinski definition) is 5. The van der Waals surface area contributed by atoms with Crippen LogP contribution in [0.5, 0.6) is 5.75 Å². The number of benzene rings is 2. The van der Waals surface area contributed by atoms with Crippen molar-refractivity contribution in [2.75, 3.05) is 12.0 Å². The lowest BCUT2D eigenvalue weighted by atomic mass is 9.92. The number of aryl methyl sites for hydroxylation is 1. The molecule has 1 N–H and O–H groups in total. The summed E-state index contributed by atoms with van der Waals surface area (Å²) in [6.45, 7) is 5.82. The summed E-state index contributed by atoms with van der Waals surface area (Å²) in [6, 6.07) is 11.9. The SMILES string of the molecule is COc1cc(C)c(/C(O)=C2\C(=O)C(=O)N(c3cccc(F)c3)C2c2cccs2)cc1C(C)C. The van der Waals surface area contributed by atoms with Crippen molar-refractivity contribution in [1.29, 1.82) is 0 Å². The van der Waals surface area contributed by atoms with Crippen LogP contribution in [-0.2, 0) is 9.59 Å². The van der Waals surface area contributed by atoms with Crippen molar-refractivity contribution in [2.24, 2.45) is 0 Å². The van der Waals surface area contributed by atoms with E-state index in [1.807, 2.05) is 32.2 Å². The topological polar surface area (TPSA) is 66.8 Å². The lowest BCUT2D eigenvalue weighted by Gasteiger charge is -2.24. The van der Waals surface area contributed by atoms with Gasteiger partial charge in [-0.05, 0) is 65.7 Å². The number of aliphatic hydroxyl groups is 1. The number of ether oxygens (including phenoxy) is 1. The first-order valence-corrected chi connectivity index (χ1v) is 11.4. The first kappa shape index (κ1) is 22.7. The standard InChI is InChI=1S/C26H24FNO4S/c1-14(2)18-13-19(15(3)11-20(18)32-4)24(29)22-23(21-9-6-10-33-21)28(26(31)25(22)30)17-8-5-7-16(27)12-17/h5-14,23,29H,1-4H3/b24-22+. The molecule has 0 aliphatic carbocycles. The summed E-state index contributed by atoms with van der Waals surface area (Å²) in [5.74, 6) is -1.60. The summed E-state index contributed by atoms with van der Waals surface area (Å²) in [5, 5.41) is 13.2. The predicted molar refractivity (Wildman–Crippen MR) is 127 cm³/mol. The minimum Gasteiger partial charge on any atom is -0.507 e. The average Bonchev–Trinajstić information content (AvgIpc) is 3.40. The van der Waals surface area contributed by atoms with Gasteiger partial charge in [0.15, 0.2) is 0 Å². The molecule has 1 aliphatic rings. The fraction of sp³-hybridized carbons (Fsp3) is 0.231. The van der Waals surface area contributed by atoms with Crippen LogP contribution < -0.4 is 9.64 Å². The zero-order chi connectivity index (χ0) is 23.9. The number of Topliss-reactive ketones (excluding diaryl/α,β-unsaturated/α-hetero) is 1. The molecule has 1 amide bonds. The van der Waals surface area contributed by atoms with Gasteiger partial charge in [-0.15, -0.1) is 11.3 Å². The van der Waals surface area contributed by atoms with Gasteiger partial charge in [0.1, 0.15) is 23.4 Å². The van der Waals surface area contributed by atoms with Crippen LogP contribution in [-0.4, -0.2) is 23.9 Å². The molecule has 2 heterocycles. The van der Waals surface area contributed by atoms with Gasteiger partial charge in [0, 0.05) is 16.1 Å². The maximum atomic E-state index is 14.0. The molecule has 4 rings (SSSR count). The maximum absolute atomic E-state index is 14.0. The van der Waals surface area contributed by atoms with E-state index >= 15 is 0 Å². The number of methoxy groups -OCH3 is 1. The van der Waals surface area contributed by atoms with Crippen molar-refractivity contribution in [3.63, 3.8) is 0 Å². The van der Waals surface area contributed by atoms with Crippen LogP contribution in [0.15, 0.2) is 59.5 Å². The number of rotatable bonds is 5. The molecule has 0 spiro atoms. The van der Waals surface area contributed by atoms with Crippen molar-refractivity contribution >= 4 is 34.5 Å². The third-order valence-electron chi connectivity index (χ3n) is 5.80. The molecule has 0 bridgehead atoms. The molecule has 1 atom stereocenters. The molecule has 7 heteroatoms. The molecule has 1 fully saturated rings. The zero-order valence-electron chi connectivity index (χ0n) is 18.8. The van der Waals surface area contributed by atoms with E-state index in [2.05, 4.69) is 0 Å². The van der Waals surface area contributed by atoms with Crippen molar-refractivity contribution in [3.8, 4) is 5.75 Å². The lowest BCUT2D eigenvalue weighted by Crippen LogP contribution is -2.29. The number of halogens is 1. The van der Waals surface area contributed by atoms with E-state index in [0.717, 1.165) is 5.56 Å². The summed E-state index contributed by atoms with van der Waals surface area (Å²) in [4.78, 5) is 28.3. The molecule has 5 nitrogen and oxygen atoms in total. The highest BCUT2D eigenvalue weighted by molar-refractivity contribution is 7.10. The molecule has 0 radical (unpaired) electrons. The molecular formula is C26H24FNO4S. The van der Waals surface area contributed by atoms with E-state index in [0.29, 0.717) is 21.8 Å². The summed E-state index contributed by atoms with van der Waals surface area (Å²) in [6.07, 6.45) is 0. The van der Waals surface area contributed by atoms with Gasteiger partial charge in [-0.25, -0.2) is 4.39 Å². The quantitative estimate of drug-likeness (QED) is 0.287. The summed E-state index contributed by atoms with van der Waals surface area (Å²) in [5.41, 5.74) is 2.27. The number of carbonyl (C=O) groups excluding carboxylic acids is 2. The Balaban J connectivity index is 1.96. The Kier molecular flexibility index (Phi) is 6.08. The average molecular weight is 466 g/mol. The Morgan fingerprint density at radius 2 is 1.91 bits per heavy atom. The number of hydrogen-bond donors (Lipinski definition) is 1. The molecule has 1 aliphatic heterocycles. The van der Waals surface area contributed by atoms with Gasteiger partial charge in [-0.2, -0.15) is 0 Å². The van der Waals surface area contributed by atoms with Gasteiger partial charge < -0.3 is 9.84 Å². The van der Waals surface area contributed by atoms with Gasteiger partial charge in [-0.3, -0.25) is 14.5 Å². The van der Waals surface area contributed by atoms with Crippen LogP contribution >= 0.6 is 11.3 Å². The van der Waals surface area contributed by atoms with Gasteiger partial charge >= 0.3 is 0 Å². The first-order valence-electron chi connectivity index (χ1n) is 10.5. The van der Waals surface area contributed by atoms with Crippen LogP contribution in [0.4, 0.5) is 10.1 Å². The van der Waals surface area contributed by atoms with E-state index in [1.165, 1.54) is 34.4 Å². The molecule has 0 saturated carbocycles. The first-order chi connectivity index (χ1) is 15.7. The van der Waals surface area contributed by atoms with E-state index in [4.69, 9.17) is 4.74 Å². The molecule has 1 aromatic heterocycles. The molecule has 3 aromatic rings. The minimum absolute atomic E-state index is 0.0188. The lowest BCUT2D eigenvalue weighted by molar-refractivity contribution is -0.132. The summed E-state index contributed by atoms with van der Waals surface area (Å²) < 4.78 is 19.5. The van der Waals surface area contributed by atoms with Crippen molar-refractivity contribution in [2.45, 2.75) is 32.7 Å². The van der Waals surface area contributed by atoms with Gasteiger partial charge in [0.2, 0.25) is 0 Å². The van der Waals surface area contributed by atoms with Gasteiger partial charge in [0.25, 0.3) is 11.7 Å². The fourth-order valence-electron chi connectivity index (χ4n) is 4.17. The molecule has 170 valence electrons.